The second-order valence-electron chi connectivity index (χ2n) is 5.92. The maximum absolute atomic E-state index is 12.2. The maximum Gasteiger partial charge on any atom is 0.311 e. The average Bonchev–Trinajstić information content (AvgIpc) is 3.02. The summed E-state index contributed by atoms with van der Waals surface area (Å²) in [5.74, 6) is -1.50. The lowest BCUT2D eigenvalue weighted by Gasteiger charge is -2.16. The number of esters is 1. The summed E-state index contributed by atoms with van der Waals surface area (Å²) >= 11 is 6.65. The second-order valence-corrected chi connectivity index (χ2v) is 7.75. The van der Waals surface area contributed by atoms with Crippen molar-refractivity contribution in [2.75, 3.05) is 18.1 Å². The van der Waals surface area contributed by atoms with Gasteiger partial charge in [-0.25, -0.2) is 0 Å². The van der Waals surface area contributed by atoms with Crippen LogP contribution in [0.2, 0.25) is 0 Å². The van der Waals surface area contributed by atoms with Crippen molar-refractivity contribution in [1.29, 1.82) is 0 Å². The first kappa shape index (κ1) is 18.8. The van der Waals surface area contributed by atoms with Gasteiger partial charge < -0.3 is 9.64 Å². The number of hydrogen-bond donors (Lipinski definition) is 0. The molecule has 2 aromatic carbocycles. The number of carbonyl (C=O) groups excluding carboxylic acids is 3. The Hall–Kier alpha value is -1.99. The SMILES string of the molecule is O=C(COC(=O)C1CC(=O)N(c2ccc(Br)cc2)C1)c1ccc(Br)cc1. The molecule has 26 heavy (non-hydrogen) atoms. The molecule has 7 heteroatoms. The van der Waals surface area contributed by atoms with E-state index >= 15 is 0 Å². The van der Waals surface area contributed by atoms with E-state index in [0.717, 1.165) is 14.6 Å². The molecule has 0 spiro atoms. The Bertz CT molecular complexity index is 834. The third-order valence-corrected chi connectivity index (χ3v) is 5.17. The lowest BCUT2D eigenvalue weighted by atomic mass is 10.1. The Morgan fingerprint density at radius 2 is 1.58 bits per heavy atom. The zero-order chi connectivity index (χ0) is 18.7. The molecule has 2 aromatic rings. The second kappa shape index (κ2) is 8.14. The molecular weight excluding hydrogens is 466 g/mol. The first-order chi connectivity index (χ1) is 12.4. The highest BCUT2D eigenvalue weighted by atomic mass is 79.9. The summed E-state index contributed by atoms with van der Waals surface area (Å²) in [4.78, 5) is 38.1. The quantitative estimate of drug-likeness (QED) is 0.479. The minimum Gasteiger partial charge on any atom is -0.457 e. The van der Waals surface area contributed by atoms with E-state index in [-0.39, 0.29) is 31.3 Å². The van der Waals surface area contributed by atoms with Gasteiger partial charge in [-0.2, -0.15) is 0 Å². The molecule has 134 valence electrons. The molecule has 1 heterocycles. The maximum atomic E-state index is 12.2. The van der Waals surface area contributed by atoms with Gasteiger partial charge >= 0.3 is 5.97 Å². The number of amides is 1. The summed E-state index contributed by atoms with van der Waals surface area (Å²) in [6, 6.07) is 14.1. The van der Waals surface area contributed by atoms with Crippen LogP contribution in [-0.2, 0) is 14.3 Å². The minimum absolute atomic E-state index is 0.0847. The number of ether oxygens (including phenoxy) is 1. The molecule has 0 radical (unpaired) electrons. The third kappa shape index (κ3) is 4.40. The number of rotatable bonds is 5. The van der Waals surface area contributed by atoms with E-state index in [4.69, 9.17) is 4.74 Å². The van der Waals surface area contributed by atoms with Crippen LogP contribution in [0.5, 0.6) is 0 Å². The highest BCUT2D eigenvalue weighted by Gasteiger charge is 2.36. The molecule has 1 unspecified atom stereocenters. The predicted octanol–water partition coefficient (Wildman–Crippen LogP) is 3.99. The highest BCUT2D eigenvalue weighted by Crippen LogP contribution is 2.27. The first-order valence-corrected chi connectivity index (χ1v) is 9.54. The van der Waals surface area contributed by atoms with Gasteiger partial charge in [0.15, 0.2) is 12.4 Å². The van der Waals surface area contributed by atoms with Crippen LogP contribution >= 0.6 is 31.9 Å². The fourth-order valence-corrected chi connectivity index (χ4v) is 3.24. The molecule has 1 amide bonds. The largest absolute Gasteiger partial charge is 0.457 e. The van der Waals surface area contributed by atoms with E-state index in [1.165, 1.54) is 0 Å². The minimum atomic E-state index is -0.566. The van der Waals surface area contributed by atoms with Crippen molar-refractivity contribution in [3.63, 3.8) is 0 Å². The molecule has 1 saturated heterocycles. The van der Waals surface area contributed by atoms with Gasteiger partial charge in [-0.05, 0) is 36.4 Å². The summed E-state index contributed by atoms with van der Waals surface area (Å²) in [6.45, 7) is -0.0742. The highest BCUT2D eigenvalue weighted by molar-refractivity contribution is 9.10. The fourth-order valence-electron chi connectivity index (χ4n) is 2.71. The normalized spacial score (nSPS) is 16.6. The van der Waals surface area contributed by atoms with Gasteiger partial charge in [0.25, 0.3) is 0 Å². The number of anilines is 1. The van der Waals surface area contributed by atoms with Gasteiger partial charge in [0, 0.05) is 33.2 Å². The Kier molecular flexibility index (Phi) is 5.88. The molecule has 1 atom stereocenters. The Morgan fingerprint density at radius 3 is 2.19 bits per heavy atom. The molecule has 3 rings (SSSR count). The molecule has 0 aliphatic carbocycles. The van der Waals surface area contributed by atoms with Crippen LogP contribution in [0.25, 0.3) is 0 Å². The van der Waals surface area contributed by atoms with Crippen LogP contribution in [0.4, 0.5) is 5.69 Å². The molecule has 1 fully saturated rings. The van der Waals surface area contributed by atoms with Crippen LogP contribution in [0.15, 0.2) is 57.5 Å². The lowest BCUT2D eigenvalue weighted by Crippen LogP contribution is -2.27. The number of ketones is 1. The zero-order valence-electron chi connectivity index (χ0n) is 13.7. The van der Waals surface area contributed by atoms with Crippen LogP contribution in [0.3, 0.4) is 0 Å². The fraction of sp³-hybridized carbons (Fsp3) is 0.211. The van der Waals surface area contributed by atoms with Gasteiger partial charge in [-0.3, -0.25) is 14.4 Å². The number of Topliss-reactive ketones (excluding diaryl/α,β-unsaturated/α-hetero) is 1. The van der Waals surface area contributed by atoms with Crippen molar-refractivity contribution in [2.45, 2.75) is 6.42 Å². The topological polar surface area (TPSA) is 63.7 Å². The predicted molar refractivity (Wildman–Crippen MR) is 104 cm³/mol. The van der Waals surface area contributed by atoms with Crippen LogP contribution in [0, 0.1) is 5.92 Å². The number of hydrogen-bond acceptors (Lipinski definition) is 4. The van der Waals surface area contributed by atoms with Gasteiger partial charge in [0.05, 0.1) is 5.92 Å². The molecule has 5 nitrogen and oxygen atoms in total. The molecular formula is C19H15Br2NO4. The monoisotopic (exact) mass is 479 g/mol. The van der Waals surface area contributed by atoms with Gasteiger partial charge in [-0.15, -0.1) is 0 Å². The summed E-state index contributed by atoms with van der Waals surface area (Å²) in [7, 11) is 0. The van der Waals surface area contributed by atoms with Crippen molar-refractivity contribution in [3.05, 3.63) is 63.0 Å². The summed E-state index contributed by atoms with van der Waals surface area (Å²) in [5, 5.41) is 0. The van der Waals surface area contributed by atoms with Crippen molar-refractivity contribution >= 4 is 55.2 Å². The average molecular weight is 481 g/mol. The van der Waals surface area contributed by atoms with E-state index in [0.29, 0.717) is 5.56 Å². The van der Waals surface area contributed by atoms with Gasteiger partial charge in [0.2, 0.25) is 5.91 Å². The first-order valence-electron chi connectivity index (χ1n) is 7.95. The summed E-state index contributed by atoms with van der Waals surface area (Å²) in [6.07, 6.45) is 0.0847. The molecule has 1 aliphatic rings. The van der Waals surface area contributed by atoms with Crippen LogP contribution in [0.1, 0.15) is 16.8 Å². The Balaban J connectivity index is 1.57. The number of benzene rings is 2. The van der Waals surface area contributed by atoms with E-state index in [9.17, 15) is 14.4 Å². The summed E-state index contributed by atoms with van der Waals surface area (Å²) in [5.41, 5.74) is 1.21. The number of nitrogens with zero attached hydrogens (tertiary/aromatic N) is 1. The molecule has 1 aliphatic heterocycles. The molecule has 0 aromatic heterocycles. The van der Waals surface area contributed by atoms with Crippen molar-refractivity contribution in [1.82, 2.24) is 0 Å². The van der Waals surface area contributed by atoms with E-state index in [1.54, 1.807) is 29.2 Å². The van der Waals surface area contributed by atoms with Gasteiger partial charge in [-0.1, -0.05) is 44.0 Å². The van der Waals surface area contributed by atoms with E-state index in [1.807, 2.05) is 24.3 Å². The van der Waals surface area contributed by atoms with Crippen molar-refractivity contribution in [3.8, 4) is 0 Å². The standard InChI is InChI=1S/C19H15Br2NO4/c20-14-3-1-12(2-4-14)17(23)11-26-19(25)13-9-18(24)22(10-13)16-7-5-15(21)6-8-16/h1-8,13H,9-11H2. The van der Waals surface area contributed by atoms with Crippen LogP contribution < -0.4 is 4.90 Å². The van der Waals surface area contributed by atoms with Crippen molar-refractivity contribution in [2.24, 2.45) is 5.92 Å². The number of halogens is 2. The molecule has 0 saturated carbocycles. The Labute approximate surface area is 167 Å². The van der Waals surface area contributed by atoms with Crippen molar-refractivity contribution < 1.29 is 19.1 Å². The third-order valence-electron chi connectivity index (χ3n) is 4.11. The molecule has 0 bridgehead atoms. The lowest BCUT2D eigenvalue weighted by molar-refractivity contribution is -0.147. The smallest absolute Gasteiger partial charge is 0.311 e. The van der Waals surface area contributed by atoms with Crippen LogP contribution in [-0.4, -0.2) is 30.8 Å². The van der Waals surface area contributed by atoms with E-state index < -0.39 is 11.9 Å². The van der Waals surface area contributed by atoms with Gasteiger partial charge in [0.1, 0.15) is 0 Å². The zero-order valence-corrected chi connectivity index (χ0v) is 16.8. The number of carbonyl (C=O) groups is 3. The summed E-state index contributed by atoms with van der Waals surface area (Å²) < 4.78 is 6.91. The van der Waals surface area contributed by atoms with E-state index in [2.05, 4.69) is 31.9 Å². The Morgan fingerprint density at radius 1 is 1.00 bits per heavy atom. The molecule has 0 N–H and O–H groups in total.